The molecule has 0 unspecified atom stereocenters. The normalized spacial score (nSPS) is 14.0. The van der Waals surface area contributed by atoms with Crippen LogP contribution in [0.4, 0.5) is 5.69 Å². The number of nitrogens with zero attached hydrogens (tertiary/aromatic N) is 3. The first-order chi connectivity index (χ1) is 18.4. The van der Waals surface area contributed by atoms with Crippen LogP contribution in [0.5, 0.6) is 0 Å². The van der Waals surface area contributed by atoms with Gasteiger partial charge >= 0.3 is 0 Å². The number of thioether (sulfide) groups is 1. The quantitative estimate of drug-likeness (QED) is 0.163. The molecule has 1 aromatic carbocycles. The lowest BCUT2D eigenvalue weighted by atomic mass is 9.97. The van der Waals surface area contributed by atoms with Crippen LogP contribution in [0.1, 0.15) is 62.1 Å². The van der Waals surface area contributed by atoms with Crippen LogP contribution in [0, 0.1) is 0 Å². The van der Waals surface area contributed by atoms with Crippen LogP contribution >= 0.6 is 23.1 Å². The summed E-state index contributed by atoms with van der Waals surface area (Å²) in [4.78, 5) is 48.4. The number of rotatable bonds is 8. The van der Waals surface area contributed by atoms with E-state index < -0.39 is 0 Å². The smallest absolute Gasteiger partial charge is 0.275 e. The lowest BCUT2D eigenvalue weighted by molar-refractivity contribution is 0.0708. The molecule has 4 heterocycles. The number of piperidine rings is 1. The summed E-state index contributed by atoms with van der Waals surface area (Å²) >= 11 is 2.98. The van der Waals surface area contributed by atoms with Crippen molar-refractivity contribution in [3.63, 3.8) is 0 Å². The summed E-state index contributed by atoms with van der Waals surface area (Å²) in [7, 11) is 0. The SMILES string of the molecule is C=CCSc1ncccc1C(=O)N1CCC(c2nc(C(=O)Nc3ccc4oc(C(C)=O)cc4c3)cs2)CC1. The summed E-state index contributed by atoms with van der Waals surface area (Å²) in [6.07, 6.45) is 5.06. The number of amides is 2. The fourth-order valence-corrected chi connectivity index (χ4v) is 6.07. The van der Waals surface area contributed by atoms with Crippen LogP contribution < -0.4 is 5.32 Å². The minimum absolute atomic E-state index is 0.00710. The molecule has 0 spiro atoms. The molecule has 1 fully saturated rings. The van der Waals surface area contributed by atoms with Crippen LogP contribution in [0.15, 0.2) is 70.1 Å². The molecule has 0 atom stereocenters. The first-order valence-corrected chi connectivity index (χ1v) is 14.1. The zero-order valence-corrected chi connectivity index (χ0v) is 22.4. The Hall–Kier alpha value is -3.76. The molecule has 5 rings (SSSR count). The zero-order valence-electron chi connectivity index (χ0n) is 20.8. The average Bonchev–Trinajstić information content (AvgIpc) is 3.60. The number of anilines is 1. The molecule has 8 nitrogen and oxygen atoms in total. The van der Waals surface area contributed by atoms with Gasteiger partial charge in [-0.3, -0.25) is 14.4 Å². The van der Waals surface area contributed by atoms with Crippen molar-refractivity contribution in [1.29, 1.82) is 0 Å². The van der Waals surface area contributed by atoms with Gasteiger partial charge in [0.25, 0.3) is 11.8 Å². The summed E-state index contributed by atoms with van der Waals surface area (Å²) < 4.78 is 5.51. The van der Waals surface area contributed by atoms with Gasteiger partial charge in [0.15, 0.2) is 11.5 Å². The largest absolute Gasteiger partial charge is 0.453 e. The number of hydrogen-bond donors (Lipinski definition) is 1. The molecule has 2 amide bonds. The number of thiazole rings is 1. The number of carbonyl (C=O) groups is 3. The van der Waals surface area contributed by atoms with E-state index >= 15 is 0 Å². The van der Waals surface area contributed by atoms with Crippen molar-refractivity contribution in [3.8, 4) is 0 Å². The Labute approximate surface area is 228 Å². The van der Waals surface area contributed by atoms with Crippen molar-refractivity contribution in [3.05, 3.63) is 82.7 Å². The second-order valence-corrected chi connectivity index (χ2v) is 10.9. The number of aromatic nitrogens is 2. The topological polar surface area (TPSA) is 105 Å². The van der Waals surface area contributed by atoms with Crippen LogP contribution in [0.2, 0.25) is 0 Å². The number of nitrogens with one attached hydrogen (secondary N) is 1. The number of carbonyl (C=O) groups excluding carboxylic acids is 3. The molecular formula is C28H26N4O4S2. The van der Waals surface area contributed by atoms with Crippen molar-refractivity contribution in [2.45, 2.75) is 30.7 Å². The van der Waals surface area contributed by atoms with E-state index in [1.54, 1.807) is 48.0 Å². The first-order valence-electron chi connectivity index (χ1n) is 12.2. The molecule has 0 saturated carbocycles. The Morgan fingerprint density at radius 3 is 2.82 bits per heavy atom. The van der Waals surface area contributed by atoms with Crippen LogP contribution in [-0.2, 0) is 0 Å². The number of furan rings is 1. The van der Waals surface area contributed by atoms with E-state index in [4.69, 9.17) is 4.42 Å². The van der Waals surface area contributed by atoms with Gasteiger partial charge in [0.1, 0.15) is 16.3 Å². The van der Waals surface area contributed by atoms with Crippen molar-refractivity contribution >= 4 is 57.4 Å². The van der Waals surface area contributed by atoms with Gasteiger partial charge in [0.2, 0.25) is 0 Å². The molecule has 10 heteroatoms. The summed E-state index contributed by atoms with van der Waals surface area (Å²) in [5.41, 5.74) is 2.17. The van der Waals surface area contributed by atoms with Crippen LogP contribution in [0.3, 0.4) is 0 Å². The summed E-state index contributed by atoms with van der Waals surface area (Å²) in [6.45, 7) is 6.43. The maximum atomic E-state index is 13.2. The fourth-order valence-electron chi connectivity index (χ4n) is 4.38. The van der Waals surface area contributed by atoms with Crippen molar-refractivity contribution in [2.75, 3.05) is 24.2 Å². The maximum absolute atomic E-state index is 13.2. The highest BCUT2D eigenvalue weighted by Gasteiger charge is 2.28. The standard InChI is InChI=1S/C28H26N4O4S2/c1-3-13-37-27-21(5-4-10-29-27)28(35)32-11-8-18(9-12-32)26-31-22(16-38-26)25(34)30-20-6-7-23-19(14-20)15-24(36-23)17(2)33/h3-7,10,14-16,18H,1,8-9,11-13H2,2H3,(H,30,34). The molecule has 0 bridgehead atoms. The van der Waals surface area contributed by atoms with E-state index in [9.17, 15) is 14.4 Å². The third-order valence-electron chi connectivity index (χ3n) is 6.35. The number of pyridine rings is 1. The molecule has 0 radical (unpaired) electrons. The highest BCUT2D eigenvalue weighted by molar-refractivity contribution is 7.99. The number of ketones is 1. The summed E-state index contributed by atoms with van der Waals surface area (Å²) in [5.74, 6) is 0.719. The third-order valence-corrected chi connectivity index (χ3v) is 8.35. The van der Waals surface area contributed by atoms with E-state index in [1.807, 2.05) is 11.0 Å². The van der Waals surface area contributed by atoms with Gasteiger partial charge < -0.3 is 14.6 Å². The molecule has 3 aromatic heterocycles. The first kappa shape index (κ1) is 25.9. The minimum atomic E-state index is -0.295. The number of likely N-dealkylation sites (tertiary alicyclic amines) is 1. The fraction of sp³-hybridized carbons (Fsp3) is 0.250. The highest BCUT2D eigenvalue weighted by Crippen LogP contribution is 2.32. The van der Waals surface area contributed by atoms with E-state index in [1.165, 1.54) is 30.0 Å². The van der Waals surface area contributed by atoms with Crippen LogP contribution in [0.25, 0.3) is 11.0 Å². The Balaban J connectivity index is 1.20. The predicted octanol–water partition coefficient (Wildman–Crippen LogP) is 6.04. The van der Waals surface area contributed by atoms with Gasteiger partial charge in [0, 0.05) is 54.3 Å². The highest BCUT2D eigenvalue weighted by atomic mass is 32.2. The van der Waals surface area contributed by atoms with Crippen molar-refractivity contribution < 1.29 is 18.8 Å². The average molecular weight is 547 g/mol. The predicted molar refractivity (Wildman–Crippen MR) is 149 cm³/mol. The second kappa shape index (κ2) is 11.3. The molecule has 1 aliphatic heterocycles. The minimum Gasteiger partial charge on any atom is -0.453 e. The molecule has 38 heavy (non-hydrogen) atoms. The van der Waals surface area contributed by atoms with Crippen molar-refractivity contribution in [1.82, 2.24) is 14.9 Å². The summed E-state index contributed by atoms with van der Waals surface area (Å²) in [6, 6.07) is 10.5. The molecule has 1 N–H and O–H groups in total. The number of fused-ring (bicyclic) bond motifs is 1. The van der Waals surface area contributed by atoms with Gasteiger partial charge in [-0.25, -0.2) is 9.97 Å². The van der Waals surface area contributed by atoms with E-state index in [0.717, 1.165) is 28.3 Å². The monoisotopic (exact) mass is 546 g/mol. The zero-order chi connectivity index (χ0) is 26.6. The van der Waals surface area contributed by atoms with Gasteiger partial charge in [0.05, 0.1) is 10.6 Å². The van der Waals surface area contributed by atoms with Gasteiger partial charge in [-0.15, -0.1) is 29.7 Å². The molecule has 1 saturated heterocycles. The van der Waals surface area contributed by atoms with Crippen molar-refractivity contribution in [2.24, 2.45) is 0 Å². The van der Waals surface area contributed by atoms with Gasteiger partial charge in [-0.2, -0.15) is 0 Å². The molecule has 0 aliphatic carbocycles. The third kappa shape index (κ3) is 5.56. The lowest BCUT2D eigenvalue weighted by Crippen LogP contribution is -2.38. The van der Waals surface area contributed by atoms with E-state index in [2.05, 4.69) is 21.9 Å². The molecule has 4 aromatic rings. The molecular weight excluding hydrogens is 520 g/mol. The van der Waals surface area contributed by atoms with E-state index in [0.29, 0.717) is 41.4 Å². The number of benzene rings is 1. The Morgan fingerprint density at radius 1 is 1.24 bits per heavy atom. The molecule has 194 valence electrons. The maximum Gasteiger partial charge on any atom is 0.275 e. The lowest BCUT2D eigenvalue weighted by Gasteiger charge is -2.31. The Kier molecular flexibility index (Phi) is 7.71. The van der Waals surface area contributed by atoms with Gasteiger partial charge in [-0.05, 0) is 49.2 Å². The number of Topliss-reactive ketones (excluding diaryl/α,β-unsaturated/α-hetero) is 1. The second-order valence-electron chi connectivity index (χ2n) is 8.97. The van der Waals surface area contributed by atoms with Crippen LogP contribution in [-0.4, -0.2) is 51.3 Å². The Bertz CT molecular complexity index is 1520. The summed E-state index contributed by atoms with van der Waals surface area (Å²) in [5, 5.41) is 7.02. The Morgan fingerprint density at radius 2 is 2.05 bits per heavy atom. The van der Waals surface area contributed by atoms with Gasteiger partial charge in [-0.1, -0.05) is 6.08 Å². The van der Waals surface area contributed by atoms with E-state index in [-0.39, 0.29) is 29.3 Å². The number of hydrogen-bond acceptors (Lipinski definition) is 8. The molecule has 1 aliphatic rings.